The molecule has 0 aliphatic carbocycles. The molecule has 15 N–H and O–H groups in total. The molecule has 4 aliphatic heterocycles. The van der Waals surface area contributed by atoms with Crippen LogP contribution >= 0.6 is 23.7 Å². The van der Waals surface area contributed by atoms with Crippen LogP contribution in [0.2, 0.25) is 0 Å². The number of aliphatic hydroxyl groups excluding tert-OH is 7. The van der Waals surface area contributed by atoms with Crippen LogP contribution in [0.15, 0.2) is 91.1 Å². The average molecular weight is 1370 g/mol. The number of hydrogen-bond donors (Lipinski definition) is 14. The second kappa shape index (κ2) is 33.0. The van der Waals surface area contributed by atoms with E-state index in [-0.39, 0.29) is 53.0 Å². The summed E-state index contributed by atoms with van der Waals surface area (Å²) in [5, 5.41) is 125. The molecule has 5 aromatic rings. The molecule has 4 fully saturated rings. The molecule has 9 rings (SSSR count). The van der Waals surface area contributed by atoms with Gasteiger partial charge in [-0.05, 0) is 73.2 Å². The van der Waals surface area contributed by atoms with Crippen LogP contribution < -0.4 is 76.2 Å². The number of benzene rings is 3. The van der Waals surface area contributed by atoms with Crippen LogP contribution in [0, 0.1) is 5.92 Å². The Kier molecular flexibility index (Phi) is 25.4. The Morgan fingerprint density at radius 2 is 1.44 bits per heavy atom. The van der Waals surface area contributed by atoms with Crippen LogP contribution in [0.1, 0.15) is 79.5 Å². The molecule has 32 nitrogen and oxygen atoms in total. The summed E-state index contributed by atoms with van der Waals surface area (Å²) in [6.07, 6.45) is -12.5. The fraction of sp³-hybridized carbons (Fsp3) is 0.450. The smallest absolute Gasteiger partial charge is 0.691 e. The van der Waals surface area contributed by atoms with Gasteiger partial charge in [0, 0.05) is 74.4 Å². The van der Waals surface area contributed by atoms with E-state index in [9.17, 15) is 84.5 Å². The molecule has 8 amide bonds. The van der Waals surface area contributed by atoms with Crippen molar-refractivity contribution >= 4 is 76.7 Å². The number of amides is 8. The van der Waals surface area contributed by atoms with Crippen LogP contribution in [-0.2, 0) is 42.9 Å². The predicted octanol–water partition coefficient (Wildman–Crippen LogP) is -6.16. The van der Waals surface area contributed by atoms with Gasteiger partial charge in [0.1, 0.15) is 64.3 Å². The molecule has 95 heavy (non-hydrogen) atoms. The van der Waals surface area contributed by atoms with Crippen LogP contribution in [-0.4, -0.2) is 219 Å². The third kappa shape index (κ3) is 17.7. The van der Waals surface area contributed by atoms with E-state index in [0.717, 1.165) is 72.2 Å². The summed E-state index contributed by atoms with van der Waals surface area (Å²) in [7, 11) is 0. The van der Waals surface area contributed by atoms with Crippen LogP contribution in [0.25, 0.3) is 21.1 Å². The monoisotopic (exact) mass is 1370 g/mol. The van der Waals surface area contributed by atoms with E-state index in [0.29, 0.717) is 21.5 Å². The normalized spacial score (nSPS) is 25.6. The summed E-state index contributed by atoms with van der Waals surface area (Å²) in [6, 6.07) is 10.9. The van der Waals surface area contributed by atoms with Crippen molar-refractivity contribution in [2.45, 2.75) is 131 Å². The number of aliphatic hydroxyl groups is 7. The number of phenolic OH excluding ortho intramolecular Hbond substituents is 1. The van der Waals surface area contributed by atoms with Crippen molar-refractivity contribution in [2.24, 2.45) is 11.7 Å². The minimum Gasteiger partial charge on any atom is -0.691 e. The molecule has 0 bridgehead atoms. The Hall–Kier alpha value is -7.52. The molecule has 4 aliphatic rings. The largest absolute Gasteiger partial charge is 1.00 e. The van der Waals surface area contributed by atoms with Gasteiger partial charge in [-0.15, -0.1) is 14.5 Å². The Bertz CT molecular complexity index is 3520. The second-order valence-electron chi connectivity index (χ2n) is 23.4. The van der Waals surface area contributed by atoms with E-state index in [1.807, 2.05) is 18.2 Å². The Balaban J connectivity index is 0.0000116. The standard InChI is InChI=1S/C60H72N12O20S2.Na/c1-28-26-72-48(49(28)79)56(86)63-25-36(74)21-38(64-52(82)32-8-10-33(11-9-32)57-68-69-58(93-57)35-13-15-44(62-24-35)70-18-16-31(17-19-70)30-6-4-3-5-7-30)53(83)65-45(29(2)73)59(87)71-27-37(75)22-39(71)54(84)67-47(55(85)66-46(60(72)88)41(77)23-43(61)78)51(81)50(80)34-12-14-40(76)42(20-34)90-94-92-91-89;/h3-15,20,24,28-29,31,36-39,41,45-51,73-77,79-81,89H,16-19,21-23,25-27H2,1-2H3,(H2,61,78)(H,63,86)(H,64,82)(H,65,83)(H,66,85)(H,67,84);/q;+1/p-1. The summed E-state index contributed by atoms with van der Waals surface area (Å²) in [5.74, 6) is -10.7. The van der Waals surface area contributed by atoms with Gasteiger partial charge < -0.3 is 97.3 Å². The molecule has 0 radical (unpaired) electrons. The number of carbonyl (C=O) groups is 8. The van der Waals surface area contributed by atoms with Gasteiger partial charge in [-0.1, -0.05) is 66.8 Å². The number of anilines is 1. The van der Waals surface area contributed by atoms with Crippen molar-refractivity contribution in [1.29, 1.82) is 0 Å². The number of nitrogens with two attached hydrogens (primary N) is 1. The molecule has 0 spiro atoms. The van der Waals surface area contributed by atoms with Crippen LogP contribution in [0.3, 0.4) is 0 Å². The number of carbonyl (C=O) groups excluding carboxylic acids is 8. The number of piperidine rings is 1. The summed E-state index contributed by atoms with van der Waals surface area (Å²) < 4.78 is 9.06. The zero-order valence-electron chi connectivity index (χ0n) is 51.4. The average Bonchev–Trinajstić information content (AvgIpc) is 1.73. The molecule has 14 unspecified atom stereocenters. The summed E-state index contributed by atoms with van der Waals surface area (Å²) in [4.78, 5) is 122. The van der Waals surface area contributed by atoms with Gasteiger partial charge in [0.15, 0.2) is 11.5 Å². The van der Waals surface area contributed by atoms with Gasteiger partial charge in [-0.2, -0.15) is 0 Å². The van der Waals surface area contributed by atoms with E-state index < -0.39 is 183 Å². The predicted molar refractivity (Wildman–Crippen MR) is 328 cm³/mol. The summed E-state index contributed by atoms with van der Waals surface area (Å²) in [5.41, 5.74) is 7.64. The molecule has 4 saturated heterocycles. The first-order valence-electron chi connectivity index (χ1n) is 29.9. The Morgan fingerprint density at radius 1 is 0.789 bits per heavy atom. The summed E-state index contributed by atoms with van der Waals surface area (Å²) >= 11 is 1.19. The fourth-order valence-corrected chi connectivity index (χ4v) is 12.9. The maximum absolute atomic E-state index is 14.7. The zero-order valence-corrected chi connectivity index (χ0v) is 55.1. The van der Waals surface area contributed by atoms with Crippen molar-refractivity contribution in [3.8, 4) is 32.6 Å². The Labute approximate surface area is 573 Å². The number of pyridine rings is 1. The number of fused-ring (bicyclic) bond motifs is 2. The molecule has 2 aromatic heterocycles. The number of nitrogens with one attached hydrogen (secondary N) is 5. The van der Waals surface area contributed by atoms with E-state index in [1.165, 1.54) is 36.0 Å². The molecule has 6 heterocycles. The number of aromatic nitrogens is 3. The number of primary amides is 1. The van der Waals surface area contributed by atoms with Crippen molar-refractivity contribution < 1.29 is 128 Å². The quantitative estimate of drug-likeness (QED) is 0.0135. The van der Waals surface area contributed by atoms with Gasteiger partial charge in [0.25, 0.3) is 18.2 Å². The molecule has 0 saturated carbocycles. The Morgan fingerprint density at radius 3 is 2.09 bits per heavy atom. The summed E-state index contributed by atoms with van der Waals surface area (Å²) in [6.45, 7) is 2.38. The molecule has 504 valence electrons. The minimum atomic E-state index is -2.54. The van der Waals surface area contributed by atoms with Crippen molar-refractivity contribution in [3.63, 3.8) is 0 Å². The van der Waals surface area contributed by atoms with E-state index in [2.05, 4.69) is 75.3 Å². The van der Waals surface area contributed by atoms with Gasteiger partial charge in [0.05, 0.1) is 36.9 Å². The van der Waals surface area contributed by atoms with E-state index >= 15 is 0 Å². The van der Waals surface area contributed by atoms with E-state index in [4.69, 9.17) is 14.9 Å². The van der Waals surface area contributed by atoms with Gasteiger partial charge in [0.2, 0.25) is 41.4 Å². The topological polar surface area (TPSA) is 484 Å². The molecule has 3 aromatic carbocycles. The van der Waals surface area contributed by atoms with E-state index in [1.54, 1.807) is 18.3 Å². The van der Waals surface area contributed by atoms with Crippen molar-refractivity contribution in [1.82, 2.24) is 51.6 Å². The minimum absolute atomic E-state index is 0. The van der Waals surface area contributed by atoms with Gasteiger partial charge >= 0.3 is 29.6 Å². The molecule has 14 atom stereocenters. The first kappa shape index (κ1) is 73.3. The number of hydrogen-bond acceptors (Lipinski definition) is 26. The molecular weight excluding hydrogens is 1300 g/mol. The zero-order chi connectivity index (χ0) is 67.7. The fourth-order valence-electron chi connectivity index (χ4n) is 11.8. The number of β-amino-alcohol motifs (C(OH)–C–C–N with tert-alkyl or cyclic N) is 1. The molecular formula is C60H71N12NaO20S2. The SMILES string of the molecule is CC(O)C1NC(=O)C(NC(=O)c2ccc(-c3nnc(-c4ccc(N5CCC(c6ccccc6)CC5)nc4)s3)cc2)CC(O)CNC(=O)C2C(O)C(C)CN2C(=O)C(C(O)CC(N)=O)NC(=O)C(C(O)C(O)c2ccc(O)c(OSOO[O-])c2)NC(=O)C2CC(O)CN2C1=O.[Na+]. The third-order valence-corrected chi connectivity index (χ3v) is 18.2. The number of rotatable bonds is 17. The first-order valence-corrected chi connectivity index (χ1v) is 31.4. The van der Waals surface area contributed by atoms with Crippen molar-refractivity contribution in [3.05, 3.63) is 108 Å². The number of nitrogens with zero attached hydrogens (tertiary/aromatic N) is 6. The van der Waals surface area contributed by atoms with Gasteiger partial charge in [-0.3, -0.25) is 43.4 Å². The van der Waals surface area contributed by atoms with Crippen molar-refractivity contribution in [2.75, 3.05) is 37.6 Å². The second-order valence-corrected chi connectivity index (χ2v) is 24.8. The van der Waals surface area contributed by atoms with Crippen LogP contribution in [0.5, 0.6) is 11.5 Å². The third-order valence-electron chi connectivity index (χ3n) is 16.8. The number of phenols is 1. The van der Waals surface area contributed by atoms with Crippen LogP contribution in [0.4, 0.5) is 5.82 Å². The maximum Gasteiger partial charge on any atom is 1.00 e. The maximum atomic E-state index is 14.7. The van der Waals surface area contributed by atoms with Gasteiger partial charge in [-0.25, -0.2) is 4.98 Å². The number of aromatic hydroxyl groups is 1. The first-order chi connectivity index (χ1) is 44.9. The molecule has 35 heteroatoms.